The van der Waals surface area contributed by atoms with Gasteiger partial charge in [0.15, 0.2) is 0 Å². The number of alkyl halides is 3. The highest BCUT2D eigenvalue weighted by molar-refractivity contribution is 5.61. The lowest BCUT2D eigenvalue weighted by Gasteiger charge is -2.23. The number of nitrogen functional groups attached to an aromatic ring is 1. The van der Waals surface area contributed by atoms with Crippen LogP contribution in [0.1, 0.15) is 12.0 Å². The van der Waals surface area contributed by atoms with Gasteiger partial charge >= 0.3 is 6.18 Å². The van der Waals surface area contributed by atoms with Gasteiger partial charge in [-0.3, -0.25) is 0 Å². The zero-order chi connectivity index (χ0) is 12.6. The Morgan fingerprint density at radius 2 is 2.06 bits per heavy atom. The summed E-state index contributed by atoms with van der Waals surface area (Å²) in [6.07, 6.45) is -4.51. The molecule has 1 heterocycles. The molecule has 1 atom stereocenters. The lowest BCUT2D eigenvalue weighted by atomic mass is 10.1. The first-order valence-corrected chi connectivity index (χ1v) is 5.27. The summed E-state index contributed by atoms with van der Waals surface area (Å²) in [6, 6.07) is 3.73. The second-order valence-corrected chi connectivity index (χ2v) is 4.16. The van der Waals surface area contributed by atoms with E-state index in [1.807, 2.05) is 0 Å². The van der Waals surface area contributed by atoms with E-state index in [4.69, 9.17) is 5.73 Å². The van der Waals surface area contributed by atoms with Crippen molar-refractivity contribution in [2.45, 2.75) is 18.7 Å². The van der Waals surface area contributed by atoms with Crippen molar-refractivity contribution in [1.29, 1.82) is 0 Å². The third-order valence-electron chi connectivity index (χ3n) is 2.83. The van der Waals surface area contributed by atoms with Crippen LogP contribution in [0, 0.1) is 0 Å². The Morgan fingerprint density at radius 3 is 2.59 bits per heavy atom. The van der Waals surface area contributed by atoms with Crippen molar-refractivity contribution in [3.05, 3.63) is 23.8 Å². The highest BCUT2D eigenvalue weighted by atomic mass is 19.4. The Bertz CT molecular complexity index is 420. The Morgan fingerprint density at radius 1 is 1.35 bits per heavy atom. The number of hydrogen-bond donors (Lipinski definition) is 2. The normalized spacial score (nSPS) is 20.9. The molecule has 0 bridgehead atoms. The zero-order valence-electron chi connectivity index (χ0n) is 9.04. The topological polar surface area (TPSA) is 49.5 Å². The molecule has 3 nitrogen and oxygen atoms in total. The van der Waals surface area contributed by atoms with Crippen LogP contribution in [0.3, 0.4) is 0 Å². The van der Waals surface area contributed by atoms with Gasteiger partial charge in [-0.1, -0.05) is 0 Å². The lowest BCUT2D eigenvalue weighted by molar-refractivity contribution is -0.137. The molecule has 94 valence electrons. The number of rotatable bonds is 1. The molecule has 1 fully saturated rings. The number of benzene rings is 1. The molecule has 1 unspecified atom stereocenters. The second kappa shape index (κ2) is 4.10. The van der Waals surface area contributed by atoms with E-state index < -0.39 is 17.8 Å². The van der Waals surface area contributed by atoms with Crippen molar-refractivity contribution in [1.82, 2.24) is 0 Å². The molecule has 1 aliphatic heterocycles. The maximum Gasteiger partial charge on any atom is 0.418 e. The summed E-state index contributed by atoms with van der Waals surface area (Å²) in [7, 11) is 0. The van der Waals surface area contributed by atoms with Crippen molar-refractivity contribution in [3.63, 3.8) is 0 Å². The minimum Gasteiger partial charge on any atom is -0.399 e. The van der Waals surface area contributed by atoms with Gasteiger partial charge in [0.05, 0.1) is 11.7 Å². The van der Waals surface area contributed by atoms with E-state index in [1.165, 1.54) is 17.0 Å². The van der Waals surface area contributed by atoms with E-state index in [9.17, 15) is 18.3 Å². The summed E-state index contributed by atoms with van der Waals surface area (Å²) in [6.45, 7) is 0.654. The van der Waals surface area contributed by atoms with Gasteiger partial charge < -0.3 is 15.7 Å². The van der Waals surface area contributed by atoms with Gasteiger partial charge in [-0.25, -0.2) is 0 Å². The third kappa shape index (κ3) is 2.46. The van der Waals surface area contributed by atoms with Crippen LogP contribution in [0.25, 0.3) is 0 Å². The SMILES string of the molecule is Nc1ccc(N2CCC(O)C2)c(C(F)(F)F)c1. The van der Waals surface area contributed by atoms with Crippen molar-refractivity contribution >= 4 is 11.4 Å². The summed E-state index contributed by atoms with van der Waals surface area (Å²) in [5, 5.41) is 9.36. The number of hydrogen-bond acceptors (Lipinski definition) is 3. The van der Waals surface area contributed by atoms with Gasteiger partial charge in [0, 0.05) is 24.5 Å². The van der Waals surface area contributed by atoms with E-state index in [0.717, 1.165) is 6.07 Å². The van der Waals surface area contributed by atoms with Crippen molar-refractivity contribution < 1.29 is 18.3 Å². The van der Waals surface area contributed by atoms with Gasteiger partial charge in [-0.15, -0.1) is 0 Å². The first kappa shape index (κ1) is 12.0. The number of nitrogens with two attached hydrogens (primary N) is 1. The molecular weight excluding hydrogens is 233 g/mol. The molecule has 17 heavy (non-hydrogen) atoms. The van der Waals surface area contributed by atoms with Crippen LogP contribution in [0.4, 0.5) is 24.5 Å². The molecule has 0 aliphatic carbocycles. The number of halogens is 3. The molecule has 2 rings (SSSR count). The van der Waals surface area contributed by atoms with Crippen molar-refractivity contribution in [2.75, 3.05) is 23.7 Å². The van der Waals surface area contributed by atoms with E-state index in [-0.39, 0.29) is 17.9 Å². The van der Waals surface area contributed by atoms with Gasteiger partial charge in [0.25, 0.3) is 0 Å². The summed E-state index contributed by atoms with van der Waals surface area (Å²) >= 11 is 0. The van der Waals surface area contributed by atoms with Crippen LogP contribution in [-0.4, -0.2) is 24.3 Å². The largest absolute Gasteiger partial charge is 0.418 e. The second-order valence-electron chi connectivity index (χ2n) is 4.16. The number of aliphatic hydroxyl groups is 1. The van der Waals surface area contributed by atoms with E-state index >= 15 is 0 Å². The quantitative estimate of drug-likeness (QED) is 0.743. The van der Waals surface area contributed by atoms with Gasteiger partial charge in [-0.05, 0) is 24.6 Å². The number of anilines is 2. The highest BCUT2D eigenvalue weighted by Crippen LogP contribution is 2.38. The summed E-state index contributed by atoms with van der Waals surface area (Å²) in [5.74, 6) is 0. The Hall–Kier alpha value is -1.43. The molecule has 1 aromatic rings. The molecule has 3 N–H and O–H groups in total. The molecule has 1 aromatic carbocycles. The Labute approximate surface area is 96.6 Å². The minimum absolute atomic E-state index is 0.0841. The van der Waals surface area contributed by atoms with Crippen LogP contribution in [-0.2, 0) is 6.18 Å². The van der Waals surface area contributed by atoms with Gasteiger partial charge in [0.2, 0.25) is 0 Å². The summed E-state index contributed by atoms with van der Waals surface area (Å²) < 4.78 is 38.5. The van der Waals surface area contributed by atoms with Gasteiger partial charge in [0.1, 0.15) is 0 Å². The summed E-state index contributed by atoms with van der Waals surface area (Å²) in [4.78, 5) is 1.53. The first-order valence-electron chi connectivity index (χ1n) is 5.27. The Kier molecular flexibility index (Phi) is 2.91. The molecule has 1 aliphatic rings. The molecular formula is C11H13F3N2O. The molecule has 0 spiro atoms. The predicted molar refractivity (Wildman–Crippen MR) is 58.7 cm³/mol. The fourth-order valence-corrected chi connectivity index (χ4v) is 2.02. The van der Waals surface area contributed by atoms with Gasteiger partial charge in [-0.2, -0.15) is 13.2 Å². The van der Waals surface area contributed by atoms with E-state index in [1.54, 1.807) is 0 Å². The van der Waals surface area contributed by atoms with E-state index in [0.29, 0.717) is 13.0 Å². The third-order valence-corrected chi connectivity index (χ3v) is 2.83. The molecule has 1 saturated heterocycles. The van der Waals surface area contributed by atoms with Crippen LogP contribution in [0.15, 0.2) is 18.2 Å². The predicted octanol–water partition coefficient (Wildman–Crippen LogP) is 1.86. The maximum absolute atomic E-state index is 12.8. The van der Waals surface area contributed by atoms with Crippen molar-refractivity contribution in [2.24, 2.45) is 0 Å². The fourth-order valence-electron chi connectivity index (χ4n) is 2.02. The smallest absolute Gasteiger partial charge is 0.399 e. The van der Waals surface area contributed by atoms with Crippen LogP contribution < -0.4 is 10.6 Å². The van der Waals surface area contributed by atoms with Crippen molar-refractivity contribution in [3.8, 4) is 0 Å². The zero-order valence-corrected chi connectivity index (χ0v) is 9.04. The first-order chi connectivity index (χ1) is 7.88. The molecule has 0 aromatic heterocycles. The average molecular weight is 246 g/mol. The molecule has 0 radical (unpaired) electrons. The molecule has 0 saturated carbocycles. The monoisotopic (exact) mass is 246 g/mol. The van der Waals surface area contributed by atoms with Crippen LogP contribution in [0.2, 0.25) is 0 Å². The number of nitrogens with zero attached hydrogens (tertiary/aromatic N) is 1. The highest BCUT2D eigenvalue weighted by Gasteiger charge is 2.36. The summed E-state index contributed by atoms with van der Waals surface area (Å²) in [5.41, 5.74) is 4.81. The van der Waals surface area contributed by atoms with E-state index in [2.05, 4.69) is 0 Å². The standard InChI is InChI=1S/C11H13F3N2O/c12-11(13,14)9-5-7(15)1-2-10(9)16-4-3-8(17)6-16/h1-2,5,8,17H,3-4,6,15H2. The van der Waals surface area contributed by atoms with Crippen LogP contribution in [0.5, 0.6) is 0 Å². The molecule has 6 heteroatoms. The number of β-amino-alcohol motifs (C(OH)–C–C–N with tert-alkyl or cyclic N) is 1. The average Bonchev–Trinajstić information content (AvgIpc) is 2.63. The number of aliphatic hydroxyl groups excluding tert-OH is 1. The minimum atomic E-state index is -4.43. The fraction of sp³-hybridized carbons (Fsp3) is 0.455. The maximum atomic E-state index is 12.8. The van der Waals surface area contributed by atoms with Crippen LogP contribution >= 0.6 is 0 Å². The lowest BCUT2D eigenvalue weighted by Crippen LogP contribution is -2.24. The Balaban J connectivity index is 2.39. The molecule has 0 amide bonds.